The molecule has 2 aromatic heterocycles. The molecule has 0 fully saturated rings. The molecule has 0 aliphatic rings. The fraction of sp³-hybridized carbons (Fsp3) is 0. The number of nitrogen functional groups attached to an aromatic ring is 1. The van der Waals surface area contributed by atoms with Crippen LogP contribution in [0.2, 0.25) is 0 Å². The third kappa shape index (κ3) is 1.07. The molecule has 0 amide bonds. The molecule has 3 N–H and O–H groups in total. The Balaban J connectivity index is 2.43. The number of nitrogens with two attached hydrogens (primary N) is 1. The summed E-state index contributed by atoms with van der Waals surface area (Å²) < 4.78 is 0. The van der Waals surface area contributed by atoms with Gasteiger partial charge in [0.05, 0.1) is 18.1 Å². The highest BCUT2D eigenvalue weighted by molar-refractivity contribution is 5.43. The molecule has 2 rings (SSSR count). The van der Waals surface area contributed by atoms with Gasteiger partial charge in [-0.15, -0.1) is 10.2 Å². The normalized spacial score (nSPS) is 10.0. The second kappa shape index (κ2) is 2.53. The van der Waals surface area contributed by atoms with Crippen LogP contribution in [0, 0.1) is 0 Å². The predicted molar refractivity (Wildman–Crippen MR) is 39.6 cm³/mol. The molecule has 7 heteroatoms. The highest BCUT2D eigenvalue weighted by Gasteiger charge is 2.03. The van der Waals surface area contributed by atoms with Gasteiger partial charge in [0, 0.05) is 0 Å². The van der Waals surface area contributed by atoms with Gasteiger partial charge in [0.15, 0.2) is 0 Å². The summed E-state index contributed by atoms with van der Waals surface area (Å²) in [5.41, 5.74) is 5.89. The Bertz CT molecular complexity index is 350. The third-order valence-electron chi connectivity index (χ3n) is 1.22. The van der Waals surface area contributed by atoms with Crippen molar-refractivity contribution in [3.8, 4) is 11.6 Å². The van der Waals surface area contributed by atoms with E-state index in [9.17, 15) is 0 Å². The lowest BCUT2D eigenvalue weighted by Crippen LogP contribution is -1.93. The molecule has 0 aliphatic heterocycles. The van der Waals surface area contributed by atoms with Crippen LogP contribution in [0.4, 0.5) is 5.69 Å². The average Bonchev–Trinajstić information content (AvgIpc) is 2.58. The summed E-state index contributed by atoms with van der Waals surface area (Å²) in [6.07, 6.45) is 2.97. The van der Waals surface area contributed by atoms with E-state index >= 15 is 0 Å². The van der Waals surface area contributed by atoms with Crippen LogP contribution in [0.3, 0.4) is 0 Å². The molecule has 0 aromatic carbocycles. The standard InChI is InChI=1S/C5H5N7/c6-3-1-7-4(8-2-3)5-9-11-12-10-5/h1-2H,6H2,(H,9,10,11,12). The zero-order valence-corrected chi connectivity index (χ0v) is 5.97. The number of aromatic nitrogens is 6. The first-order valence-corrected chi connectivity index (χ1v) is 3.17. The Morgan fingerprint density at radius 3 is 2.50 bits per heavy atom. The van der Waals surface area contributed by atoms with E-state index in [4.69, 9.17) is 5.73 Å². The van der Waals surface area contributed by atoms with Crippen molar-refractivity contribution in [1.82, 2.24) is 30.6 Å². The molecular formula is C5H5N7. The number of nitrogens with one attached hydrogen (secondary N) is 1. The second-order valence-corrected chi connectivity index (χ2v) is 2.08. The Morgan fingerprint density at radius 2 is 1.92 bits per heavy atom. The van der Waals surface area contributed by atoms with E-state index in [-0.39, 0.29) is 0 Å². The van der Waals surface area contributed by atoms with Crippen LogP contribution < -0.4 is 5.73 Å². The van der Waals surface area contributed by atoms with Crippen molar-refractivity contribution < 1.29 is 0 Å². The summed E-state index contributed by atoms with van der Waals surface area (Å²) in [6.45, 7) is 0. The fourth-order valence-corrected chi connectivity index (χ4v) is 0.710. The summed E-state index contributed by atoms with van der Waals surface area (Å²) >= 11 is 0. The van der Waals surface area contributed by atoms with Gasteiger partial charge >= 0.3 is 0 Å². The van der Waals surface area contributed by atoms with E-state index in [1.54, 1.807) is 0 Å². The van der Waals surface area contributed by atoms with Crippen LogP contribution in [0.5, 0.6) is 0 Å². The summed E-state index contributed by atoms with van der Waals surface area (Å²) in [5, 5.41) is 13.1. The highest BCUT2D eigenvalue weighted by Crippen LogP contribution is 2.05. The van der Waals surface area contributed by atoms with E-state index in [1.165, 1.54) is 12.4 Å². The first-order chi connectivity index (χ1) is 5.86. The van der Waals surface area contributed by atoms with Crippen molar-refractivity contribution in [2.24, 2.45) is 0 Å². The first kappa shape index (κ1) is 6.65. The minimum absolute atomic E-state index is 0.356. The second-order valence-electron chi connectivity index (χ2n) is 2.08. The monoisotopic (exact) mass is 163 g/mol. The van der Waals surface area contributed by atoms with Crippen LogP contribution in [0.1, 0.15) is 0 Å². The maximum atomic E-state index is 5.39. The summed E-state index contributed by atoms with van der Waals surface area (Å²) in [5.74, 6) is 0.757. The van der Waals surface area contributed by atoms with Crippen molar-refractivity contribution in [3.05, 3.63) is 12.4 Å². The van der Waals surface area contributed by atoms with Crippen molar-refractivity contribution in [2.75, 3.05) is 5.73 Å². The summed E-state index contributed by atoms with van der Waals surface area (Å²) in [7, 11) is 0. The number of nitrogens with zero attached hydrogens (tertiary/aromatic N) is 5. The van der Waals surface area contributed by atoms with Gasteiger partial charge in [-0.3, -0.25) is 0 Å². The molecule has 7 nitrogen and oxygen atoms in total. The van der Waals surface area contributed by atoms with E-state index in [0.29, 0.717) is 17.3 Å². The van der Waals surface area contributed by atoms with Crippen molar-refractivity contribution in [3.63, 3.8) is 0 Å². The van der Waals surface area contributed by atoms with Gasteiger partial charge in [-0.05, 0) is 5.21 Å². The Morgan fingerprint density at radius 1 is 1.17 bits per heavy atom. The summed E-state index contributed by atoms with van der Waals surface area (Å²) in [6, 6.07) is 0. The quantitative estimate of drug-likeness (QED) is 0.572. The van der Waals surface area contributed by atoms with Gasteiger partial charge in [-0.25, -0.2) is 9.97 Å². The van der Waals surface area contributed by atoms with Crippen LogP contribution in [0.25, 0.3) is 11.6 Å². The lowest BCUT2D eigenvalue weighted by Gasteiger charge is -1.91. The van der Waals surface area contributed by atoms with Crippen LogP contribution in [-0.4, -0.2) is 30.6 Å². The van der Waals surface area contributed by atoms with Gasteiger partial charge < -0.3 is 5.73 Å². The molecular weight excluding hydrogens is 158 g/mol. The number of tetrazole rings is 1. The van der Waals surface area contributed by atoms with Gasteiger partial charge in [0.25, 0.3) is 0 Å². The van der Waals surface area contributed by atoms with E-state index < -0.39 is 0 Å². The number of H-pyrrole nitrogens is 1. The molecule has 0 atom stereocenters. The number of hydrogen-bond donors (Lipinski definition) is 2. The number of hydrogen-bond acceptors (Lipinski definition) is 6. The average molecular weight is 163 g/mol. The number of anilines is 1. The molecule has 0 bridgehead atoms. The first-order valence-electron chi connectivity index (χ1n) is 3.17. The van der Waals surface area contributed by atoms with Crippen molar-refractivity contribution in [1.29, 1.82) is 0 Å². The smallest absolute Gasteiger partial charge is 0.241 e. The predicted octanol–water partition coefficient (Wildman–Crippen LogP) is -0.761. The SMILES string of the molecule is Nc1cnc(-c2nn[nH]n2)nc1. The zero-order valence-electron chi connectivity index (χ0n) is 5.97. The minimum atomic E-state index is 0.356. The van der Waals surface area contributed by atoms with Gasteiger partial charge in [0.2, 0.25) is 11.6 Å². The van der Waals surface area contributed by atoms with Gasteiger partial charge in [-0.1, -0.05) is 0 Å². The van der Waals surface area contributed by atoms with Gasteiger partial charge in [0.1, 0.15) is 0 Å². The molecule has 0 unspecified atom stereocenters. The lowest BCUT2D eigenvalue weighted by molar-refractivity contribution is 0.881. The number of aromatic amines is 1. The molecule has 0 saturated heterocycles. The molecule has 0 saturated carbocycles. The molecule has 12 heavy (non-hydrogen) atoms. The van der Waals surface area contributed by atoms with E-state index in [1.807, 2.05) is 0 Å². The fourth-order valence-electron chi connectivity index (χ4n) is 0.710. The molecule has 2 heterocycles. The van der Waals surface area contributed by atoms with E-state index in [0.717, 1.165) is 0 Å². The Hall–Kier alpha value is -2.05. The molecule has 0 radical (unpaired) electrons. The lowest BCUT2D eigenvalue weighted by atomic mass is 10.5. The Labute approximate surface area is 67.0 Å². The summed E-state index contributed by atoms with van der Waals surface area (Å²) in [4.78, 5) is 7.80. The van der Waals surface area contributed by atoms with Crippen molar-refractivity contribution in [2.45, 2.75) is 0 Å². The van der Waals surface area contributed by atoms with Crippen LogP contribution in [0.15, 0.2) is 12.4 Å². The molecule has 60 valence electrons. The maximum absolute atomic E-state index is 5.39. The van der Waals surface area contributed by atoms with Crippen LogP contribution >= 0.6 is 0 Å². The largest absolute Gasteiger partial charge is 0.396 e. The van der Waals surface area contributed by atoms with E-state index in [2.05, 4.69) is 30.6 Å². The number of rotatable bonds is 1. The molecule has 0 spiro atoms. The highest BCUT2D eigenvalue weighted by atomic mass is 15.5. The zero-order chi connectivity index (χ0) is 8.39. The molecule has 0 aliphatic carbocycles. The van der Waals surface area contributed by atoms with Crippen molar-refractivity contribution >= 4 is 5.69 Å². The topological polar surface area (TPSA) is 106 Å². The van der Waals surface area contributed by atoms with Crippen LogP contribution in [-0.2, 0) is 0 Å². The Kier molecular flexibility index (Phi) is 1.40. The molecule has 2 aromatic rings. The van der Waals surface area contributed by atoms with Gasteiger partial charge in [-0.2, -0.15) is 5.21 Å². The minimum Gasteiger partial charge on any atom is -0.396 e. The maximum Gasteiger partial charge on any atom is 0.241 e. The third-order valence-corrected chi connectivity index (χ3v) is 1.22.